The predicted molar refractivity (Wildman–Crippen MR) is 57.8 cm³/mol. The molecule has 86 valence electrons. The van der Waals surface area contributed by atoms with E-state index in [2.05, 4.69) is 15.6 Å². The maximum Gasteiger partial charge on any atom is 0.270 e. The van der Waals surface area contributed by atoms with Crippen LogP contribution in [0, 0.1) is 11.3 Å². The molecule has 0 bridgehead atoms. The van der Waals surface area contributed by atoms with Crippen LogP contribution in [0.2, 0.25) is 0 Å². The Bertz CT molecular complexity index is 489. The maximum atomic E-state index is 11.7. The molecule has 6 heteroatoms. The number of nitrogens with one attached hydrogen (secondary N) is 2. The van der Waals surface area contributed by atoms with Crippen molar-refractivity contribution < 1.29 is 9.59 Å². The van der Waals surface area contributed by atoms with Crippen LogP contribution in [0.1, 0.15) is 22.5 Å². The summed E-state index contributed by atoms with van der Waals surface area (Å²) in [7, 11) is 0. The standard InChI is InChI=1S/C11H10N4O2/c12-4-7-1-2-9(13-5-7)11(17)15-8-3-10(16)14-6-8/h1-2,5,8H,3,6H2,(H,14,16)(H,15,17). The minimum Gasteiger partial charge on any atom is -0.354 e. The van der Waals surface area contributed by atoms with Crippen molar-refractivity contribution >= 4 is 11.8 Å². The monoisotopic (exact) mass is 230 g/mol. The van der Waals surface area contributed by atoms with Gasteiger partial charge in [-0.15, -0.1) is 0 Å². The van der Waals surface area contributed by atoms with Gasteiger partial charge in [0.15, 0.2) is 0 Å². The van der Waals surface area contributed by atoms with Crippen LogP contribution in [-0.4, -0.2) is 29.4 Å². The van der Waals surface area contributed by atoms with Gasteiger partial charge in [0.25, 0.3) is 5.91 Å². The van der Waals surface area contributed by atoms with E-state index in [9.17, 15) is 9.59 Å². The molecule has 0 aliphatic carbocycles. The van der Waals surface area contributed by atoms with E-state index in [1.807, 2.05) is 6.07 Å². The van der Waals surface area contributed by atoms with Crippen LogP contribution in [0.15, 0.2) is 18.3 Å². The van der Waals surface area contributed by atoms with Gasteiger partial charge in [-0.3, -0.25) is 9.59 Å². The highest BCUT2D eigenvalue weighted by atomic mass is 16.2. The second-order valence-corrected chi connectivity index (χ2v) is 3.72. The van der Waals surface area contributed by atoms with Crippen molar-refractivity contribution in [2.75, 3.05) is 6.54 Å². The summed E-state index contributed by atoms with van der Waals surface area (Å²) in [6, 6.07) is 4.75. The zero-order valence-corrected chi connectivity index (χ0v) is 8.93. The first-order valence-corrected chi connectivity index (χ1v) is 5.13. The highest BCUT2D eigenvalue weighted by Crippen LogP contribution is 2.03. The summed E-state index contributed by atoms with van der Waals surface area (Å²) in [5.74, 6) is -0.404. The Morgan fingerprint density at radius 2 is 2.41 bits per heavy atom. The maximum absolute atomic E-state index is 11.7. The second kappa shape index (κ2) is 4.61. The van der Waals surface area contributed by atoms with Crippen LogP contribution in [0.4, 0.5) is 0 Å². The summed E-state index contributed by atoms with van der Waals surface area (Å²) >= 11 is 0. The summed E-state index contributed by atoms with van der Waals surface area (Å²) in [6.45, 7) is 0.445. The third kappa shape index (κ3) is 2.58. The summed E-state index contributed by atoms with van der Waals surface area (Å²) in [4.78, 5) is 26.5. The van der Waals surface area contributed by atoms with Crippen molar-refractivity contribution in [1.29, 1.82) is 5.26 Å². The van der Waals surface area contributed by atoms with E-state index in [1.54, 1.807) is 0 Å². The van der Waals surface area contributed by atoms with Gasteiger partial charge in [-0.05, 0) is 12.1 Å². The molecule has 1 aliphatic heterocycles. The van der Waals surface area contributed by atoms with E-state index in [1.165, 1.54) is 18.3 Å². The molecular weight excluding hydrogens is 220 g/mol. The van der Waals surface area contributed by atoms with Gasteiger partial charge in [0, 0.05) is 19.2 Å². The average molecular weight is 230 g/mol. The number of pyridine rings is 1. The van der Waals surface area contributed by atoms with Gasteiger partial charge in [0.05, 0.1) is 11.6 Å². The number of nitrogens with zero attached hydrogens (tertiary/aromatic N) is 2. The van der Waals surface area contributed by atoms with Gasteiger partial charge >= 0.3 is 0 Å². The number of rotatable bonds is 2. The Balaban J connectivity index is 2.00. The minimum atomic E-state index is -0.337. The van der Waals surface area contributed by atoms with Crippen LogP contribution in [0.25, 0.3) is 0 Å². The number of nitriles is 1. The van der Waals surface area contributed by atoms with E-state index in [-0.39, 0.29) is 23.6 Å². The number of carbonyl (C=O) groups excluding carboxylic acids is 2. The van der Waals surface area contributed by atoms with Gasteiger partial charge in [0.1, 0.15) is 11.8 Å². The predicted octanol–water partition coefficient (Wildman–Crippen LogP) is -0.428. The molecule has 1 aromatic heterocycles. The number of amides is 2. The van der Waals surface area contributed by atoms with E-state index < -0.39 is 0 Å². The molecule has 0 aromatic carbocycles. The summed E-state index contributed by atoms with van der Waals surface area (Å²) in [5, 5.41) is 13.9. The fourth-order valence-corrected chi connectivity index (χ4v) is 1.56. The molecule has 1 aliphatic rings. The lowest BCUT2D eigenvalue weighted by molar-refractivity contribution is -0.119. The van der Waals surface area contributed by atoms with E-state index in [0.29, 0.717) is 18.5 Å². The third-order valence-corrected chi connectivity index (χ3v) is 2.44. The first-order valence-electron chi connectivity index (χ1n) is 5.13. The Hall–Kier alpha value is -2.42. The fraction of sp³-hybridized carbons (Fsp3) is 0.273. The van der Waals surface area contributed by atoms with Crippen molar-refractivity contribution in [3.63, 3.8) is 0 Å². The lowest BCUT2D eigenvalue weighted by Gasteiger charge is -2.09. The largest absolute Gasteiger partial charge is 0.354 e. The lowest BCUT2D eigenvalue weighted by Crippen LogP contribution is -2.36. The molecule has 1 saturated heterocycles. The summed E-state index contributed by atoms with van der Waals surface area (Å²) in [6.07, 6.45) is 1.63. The molecule has 2 amide bonds. The number of hydrogen-bond donors (Lipinski definition) is 2. The first kappa shape index (κ1) is 11.1. The van der Waals surface area contributed by atoms with Crippen LogP contribution in [0.3, 0.4) is 0 Å². The normalized spacial score (nSPS) is 18.3. The Morgan fingerprint density at radius 1 is 1.59 bits per heavy atom. The number of hydrogen-bond acceptors (Lipinski definition) is 4. The molecule has 2 N–H and O–H groups in total. The van der Waals surface area contributed by atoms with Crippen LogP contribution < -0.4 is 10.6 Å². The van der Waals surface area contributed by atoms with E-state index in [0.717, 1.165) is 0 Å². The lowest BCUT2D eigenvalue weighted by atomic mass is 10.2. The SMILES string of the molecule is N#Cc1ccc(C(=O)NC2CNC(=O)C2)nc1. The third-order valence-electron chi connectivity index (χ3n) is 2.44. The Labute approximate surface area is 97.7 Å². The zero-order chi connectivity index (χ0) is 12.3. The first-order chi connectivity index (χ1) is 8.19. The zero-order valence-electron chi connectivity index (χ0n) is 8.93. The molecule has 2 rings (SSSR count). The molecule has 6 nitrogen and oxygen atoms in total. The Kier molecular flexibility index (Phi) is 3.01. The molecular formula is C11H10N4O2. The molecule has 0 radical (unpaired) electrons. The quantitative estimate of drug-likeness (QED) is 0.720. The number of carbonyl (C=O) groups is 2. The van der Waals surface area contributed by atoms with Crippen molar-refractivity contribution in [3.05, 3.63) is 29.6 Å². The van der Waals surface area contributed by atoms with Gasteiger partial charge in [-0.25, -0.2) is 4.98 Å². The molecule has 17 heavy (non-hydrogen) atoms. The fourth-order valence-electron chi connectivity index (χ4n) is 1.56. The van der Waals surface area contributed by atoms with Gasteiger partial charge in [-0.2, -0.15) is 5.26 Å². The highest BCUT2D eigenvalue weighted by Gasteiger charge is 2.23. The van der Waals surface area contributed by atoms with Crippen LogP contribution in [0.5, 0.6) is 0 Å². The van der Waals surface area contributed by atoms with Crippen molar-refractivity contribution in [2.45, 2.75) is 12.5 Å². The van der Waals surface area contributed by atoms with E-state index >= 15 is 0 Å². The van der Waals surface area contributed by atoms with Gasteiger partial charge in [-0.1, -0.05) is 0 Å². The Morgan fingerprint density at radius 3 is 2.94 bits per heavy atom. The van der Waals surface area contributed by atoms with Crippen molar-refractivity contribution in [1.82, 2.24) is 15.6 Å². The molecule has 1 aromatic rings. The molecule has 1 atom stereocenters. The van der Waals surface area contributed by atoms with E-state index in [4.69, 9.17) is 5.26 Å². The summed E-state index contributed by atoms with van der Waals surface area (Å²) < 4.78 is 0. The van der Waals surface area contributed by atoms with Crippen LogP contribution in [-0.2, 0) is 4.79 Å². The molecule has 1 unspecified atom stereocenters. The molecule has 0 spiro atoms. The second-order valence-electron chi connectivity index (χ2n) is 3.72. The smallest absolute Gasteiger partial charge is 0.270 e. The molecule has 1 fully saturated rings. The van der Waals surface area contributed by atoms with Gasteiger partial charge in [0.2, 0.25) is 5.91 Å². The number of aromatic nitrogens is 1. The highest BCUT2D eigenvalue weighted by molar-refractivity contribution is 5.93. The topological polar surface area (TPSA) is 94.9 Å². The average Bonchev–Trinajstić information content (AvgIpc) is 2.75. The van der Waals surface area contributed by atoms with Crippen LogP contribution >= 0.6 is 0 Å². The molecule has 0 saturated carbocycles. The van der Waals surface area contributed by atoms with Gasteiger partial charge < -0.3 is 10.6 Å². The summed E-state index contributed by atoms with van der Waals surface area (Å²) in [5.41, 5.74) is 0.641. The van der Waals surface area contributed by atoms with Crippen molar-refractivity contribution in [2.24, 2.45) is 0 Å². The van der Waals surface area contributed by atoms with Crippen molar-refractivity contribution in [3.8, 4) is 6.07 Å². The minimum absolute atomic E-state index is 0.0666. The molecule has 2 heterocycles.